The van der Waals surface area contributed by atoms with Crippen molar-refractivity contribution in [2.24, 2.45) is 7.05 Å². The van der Waals surface area contributed by atoms with Crippen LogP contribution in [-0.4, -0.2) is 67.3 Å². The van der Waals surface area contributed by atoms with Gasteiger partial charge in [0.15, 0.2) is 5.65 Å². The fourth-order valence-corrected chi connectivity index (χ4v) is 3.81. The minimum Gasteiger partial charge on any atom is -0.338 e. The molecule has 8 heteroatoms. The molecule has 8 nitrogen and oxygen atoms in total. The van der Waals surface area contributed by atoms with Crippen LogP contribution in [0.25, 0.3) is 11.0 Å². The Labute approximate surface area is 139 Å². The summed E-state index contributed by atoms with van der Waals surface area (Å²) in [5.74, 6) is -0.00707. The number of nitrogens with zero attached hydrogens (tertiary/aromatic N) is 6. The van der Waals surface area contributed by atoms with Crippen molar-refractivity contribution in [1.82, 2.24) is 29.1 Å². The standard InChI is InChI=1S/C16H22N6O2/c1-19-15-13(8-18-19)16(24)22(11-17-15)10-14(23)21-7-6-20-5-3-2-4-12(20)9-21/h8,11-12H,2-7,9-10H2,1H3/t12-/m0/s1. The molecule has 0 spiro atoms. The van der Waals surface area contributed by atoms with Crippen LogP contribution in [0, 0.1) is 0 Å². The molecule has 0 N–H and O–H groups in total. The number of carbonyl (C=O) groups excluding carboxylic acids is 1. The van der Waals surface area contributed by atoms with Crippen LogP contribution in [0.15, 0.2) is 17.3 Å². The first-order valence-corrected chi connectivity index (χ1v) is 8.52. The minimum atomic E-state index is -0.210. The van der Waals surface area contributed by atoms with E-state index >= 15 is 0 Å². The number of piperazine rings is 1. The van der Waals surface area contributed by atoms with E-state index in [0.29, 0.717) is 17.1 Å². The van der Waals surface area contributed by atoms with Gasteiger partial charge in [0, 0.05) is 32.7 Å². The van der Waals surface area contributed by atoms with Crippen LogP contribution in [0.2, 0.25) is 0 Å². The number of hydrogen-bond acceptors (Lipinski definition) is 5. The van der Waals surface area contributed by atoms with Crippen LogP contribution >= 0.6 is 0 Å². The van der Waals surface area contributed by atoms with Gasteiger partial charge in [0.2, 0.25) is 5.91 Å². The first-order chi connectivity index (χ1) is 11.6. The van der Waals surface area contributed by atoms with Gasteiger partial charge in [-0.15, -0.1) is 0 Å². The highest BCUT2D eigenvalue weighted by Crippen LogP contribution is 2.21. The van der Waals surface area contributed by atoms with Crippen molar-refractivity contribution in [3.05, 3.63) is 22.9 Å². The molecule has 2 aromatic heterocycles. The summed E-state index contributed by atoms with van der Waals surface area (Å²) in [6.07, 6.45) is 6.61. The van der Waals surface area contributed by atoms with E-state index < -0.39 is 0 Å². The Bertz CT molecular complexity index is 826. The molecule has 2 aliphatic rings. The van der Waals surface area contributed by atoms with Gasteiger partial charge in [-0.25, -0.2) is 4.98 Å². The summed E-state index contributed by atoms with van der Waals surface area (Å²) in [7, 11) is 1.74. The van der Waals surface area contributed by atoms with Crippen LogP contribution in [0.3, 0.4) is 0 Å². The van der Waals surface area contributed by atoms with E-state index in [9.17, 15) is 9.59 Å². The highest BCUT2D eigenvalue weighted by atomic mass is 16.2. The van der Waals surface area contributed by atoms with Gasteiger partial charge in [-0.2, -0.15) is 5.10 Å². The molecule has 0 saturated carbocycles. The highest BCUT2D eigenvalue weighted by Gasteiger charge is 2.31. The number of aryl methyl sites for hydroxylation is 1. The Morgan fingerprint density at radius 2 is 2.17 bits per heavy atom. The summed E-state index contributed by atoms with van der Waals surface area (Å²) in [4.78, 5) is 33.7. The number of carbonyl (C=O) groups is 1. The lowest BCUT2D eigenvalue weighted by Gasteiger charge is -2.44. The molecular weight excluding hydrogens is 308 g/mol. The van der Waals surface area contributed by atoms with Gasteiger partial charge in [0.05, 0.1) is 6.20 Å². The van der Waals surface area contributed by atoms with E-state index in [4.69, 9.17) is 0 Å². The predicted octanol–water partition coefficient (Wildman–Crippen LogP) is -0.173. The van der Waals surface area contributed by atoms with Crippen molar-refractivity contribution in [2.45, 2.75) is 31.8 Å². The summed E-state index contributed by atoms with van der Waals surface area (Å²) in [5.41, 5.74) is 0.331. The number of piperidine rings is 1. The summed E-state index contributed by atoms with van der Waals surface area (Å²) in [6.45, 7) is 3.64. The molecule has 2 aliphatic heterocycles. The summed E-state index contributed by atoms with van der Waals surface area (Å²) in [5, 5.41) is 4.50. The molecule has 4 heterocycles. The van der Waals surface area contributed by atoms with Crippen molar-refractivity contribution in [3.8, 4) is 0 Å². The van der Waals surface area contributed by atoms with Crippen LogP contribution in [0.1, 0.15) is 19.3 Å². The second-order valence-electron chi connectivity index (χ2n) is 6.71. The summed E-state index contributed by atoms with van der Waals surface area (Å²) >= 11 is 0. The van der Waals surface area contributed by atoms with Gasteiger partial charge >= 0.3 is 0 Å². The normalized spacial score (nSPS) is 21.9. The zero-order valence-corrected chi connectivity index (χ0v) is 13.9. The minimum absolute atomic E-state index is 0.00707. The topological polar surface area (TPSA) is 76.3 Å². The Hall–Kier alpha value is -2.22. The molecule has 1 atom stereocenters. The molecule has 0 bridgehead atoms. The molecule has 0 aromatic carbocycles. The second-order valence-corrected chi connectivity index (χ2v) is 6.71. The molecule has 1 amide bonds. The van der Waals surface area contributed by atoms with Crippen molar-refractivity contribution in [2.75, 3.05) is 26.2 Å². The van der Waals surface area contributed by atoms with E-state index in [1.807, 2.05) is 4.90 Å². The summed E-state index contributed by atoms with van der Waals surface area (Å²) < 4.78 is 2.95. The van der Waals surface area contributed by atoms with Crippen molar-refractivity contribution in [3.63, 3.8) is 0 Å². The number of fused-ring (bicyclic) bond motifs is 2. The van der Waals surface area contributed by atoms with Gasteiger partial charge < -0.3 is 4.90 Å². The molecule has 0 radical (unpaired) electrons. The first-order valence-electron chi connectivity index (χ1n) is 8.52. The lowest BCUT2D eigenvalue weighted by Crippen LogP contribution is -2.56. The van der Waals surface area contributed by atoms with Crippen LogP contribution in [0.5, 0.6) is 0 Å². The number of aromatic nitrogens is 4. The third-order valence-corrected chi connectivity index (χ3v) is 5.21. The molecule has 0 unspecified atom stereocenters. The van der Waals surface area contributed by atoms with E-state index in [2.05, 4.69) is 15.0 Å². The molecule has 24 heavy (non-hydrogen) atoms. The molecule has 0 aliphatic carbocycles. The smallest absolute Gasteiger partial charge is 0.264 e. The average molecular weight is 330 g/mol. The maximum Gasteiger partial charge on any atom is 0.264 e. The summed E-state index contributed by atoms with van der Waals surface area (Å²) in [6, 6.07) is 0.479. The van der Waals surface area contributed by atoms with Crippen LogP contribution < -0.4 is 5.56 Å². The van der Waals surface area contributed by atoms with Gasteiger partial charge in [0.25, 0.3) is 5.56 Å². The zero-order valence-electron chi connectivity index (χ0n) is 13.9. The first kappa shape index (κ1) is 15.3. The highest BCUT2D eigenvalue weighted by molar-refractivity contribution is 5.77. The molecular formula is C16H22N6O2. The molecule has 2 saturated heterocycles. The number of hydrogen-bond donors (Lipinski definition) is 0. The maximum atomic E-state index is 12.6. The number of rotatable bonds is 2. The maximum absolute atomic E-state index is 12.6. The monoisotopic (exact) mass is 330 g/mol. The molecule has 4 rings (SSSR count). The van der Waals surface area contributed by atoms with Crippen molar-refractivity contribution < 1.29 is 4.79 Å². The lowest BCUT2D eigenvalue weighted by atomic mass is 9.99. The van der Waals surface area contributed by atoms with Gasteiger partial charge in [-0.3, -0.25) is 23.7 Å². The molecule has 128 valence electrons. The third-order valence-electron chi connectivity index (χ3n) is 5.21. The van der Waals surface area contributed by atoms with E-state index in [1.54, 1.807) is 11.7 Å². The van der Waals surface area contributed by atoms with Gasteiger partial charge in [-0.1, -0.05) is 6.42 Å². The SMILES string of the molecule is Cn1ncc2c(=O)n(CC(=O)N3CCN4CCCC[C@H]4C3)cnc21. The molecule has 2 aromatic rings. The van der Waals surface area contributed by atoms with E-state index in [1.165, 1.54) is 29.9 Å². The molecule has 2 fully saturated rings. The fraction of sp³-hybridized carbons (Fsp3) is 0.625. The Balaban J connectivity index is 1.50. The Morgan fingerprint density at radius 3 is 3.04 bits per heavy atom. The van der Waals surface area contributed by atoms with Crippen molar-refractivity contribution >= 4 is 16.9 Å². The largest absolute Gasteiger partial charge is 0.338 e. The quantitative estimate of drug-likeness (QED) is 0.764. The Morgan fingerprint density at radius 1 is 1.29 bits per heavy atom. The van der Waals surface area contributed by atoms with Crippen LogP contribution in [-0.2, 0) is 18.4 Å². The third kappa shape index (κ3) is 2.60. The second kappa shape index (κ2) is 6.01. The van der Waals surface area contributed by atoms with Gasteiger partial charge in [0.1, 0.15) is 18.3 Å². The Kier molecular flexibility index (Phi) is 3.84. The predicted molar refractivity (Wildman–Crippen MR) is 88.6 cm³/mol. The lowest BCUT2D eigenvalue weighted by molar-refractivity contribution is -0.135. The number of amides is 1. The van der Waals surface area contributed by atoms with E-state index in [0.717, 1.165) is 32.6 Å². The average Bonchev–Trinajstić information content (AvgIpc) is 2.98. The van der Waals surface area contributed by atoms with Crippen molar-refractivity contribution in [1.29, 1.82) is 0 Å². The fourth-order valence-electron chi connectivity index (χ4n) is 3.81. The van der Waals surface area contributed by atoms with E-state index in [-0.39, 0.29) is 18.0 Å². The van der Waals surface area contributed by atoms with Gasteiger partial charge in [-0.05, 0) is 19.4 Å². The zero-order chi connectivity index (χ0) is 16.7. The van der Waals surface area contributed by atoms with Crippen LogP contribution in [0.4, 0.5) is 0 Å².